The van der Waals surface area contributed by atoms with Gasteiger partial charge in [0.05, 0.1) is 0 Å². The van der Waals surface area contributed by atoms with E-state index in [0.717, 1.165) is 24.8 Å². The third-order valence-corrected chi connectivity index (χ3v) is 3.85. The van der Waals surface area contributed by atoms with E-state index in [2.05, 4.69) is 29.6 Å². The third-order valence-electron chi connectivity index (χ3n) is 3.85. The smallest absolute Gasteiger partial charge is 0.124 e. The highest BCUT2D eigenvalue weighted by molar-refractivity contribution is 5.37. The lowest BCUT2D eigenvalue weighted by molar-refractivity contribution is 0.317. The first-order valence-corrected chi connectivity index (χ1v) is 6.40. The first-order chi connectivity index (χ1) is 7.95. The van der Waals surface area contributed by atoms with E-state index in [-0.39, 0.29) is 0 Å². The second-order valence-corrected chi connectivity index (χ2v) is 4.86. The van der Waals surface area contributed by atoms with Crippen molar-refractivity contribution in [3.05, 3.63) is 29.8 Å². The van der Waals surface area contributed by atoms with Gasteiger partial charge in [0.25, 0.3) is 0 Å². The summed E-state index contributed by atoms with van der Waals surface area (Å²) in [5.74, 6) is 1.90. The summed E-state index contributed by atoms with van der Waals surface area (Å²) in [7, 11) is 0. The minimum atomic E-state index is 0.515. The first-order valence-electron chi connectivity index (χ1n) is 6.40. The van der Waals surface area contributed by atoms with Gasteiger partial charge in [-0.1, -0.05) is 31.0 Å². The minimum Gasteiger partial charge on any atom is -0.492 e. The standard InChI is InChI=1S/C14H19NO/c1-2-6-11(5-1)14-12-7-3-4-8-13(12)16-10-9-15-14/h3-4,7-8,11,14-15H,1-2,5-6,9-10H2. The maximum absolute atomic E-state index is 5.78. The Balaban J connectivity index is 1.92. The fourth-order valence-electron chi connectivity index (χ4n) is 3.07. The van der Waals surface area contributed by atoms with Crippen LogP contribution < -0.4 is 10.1 Å². The molecule has 3 rings (SSSR count). The van der Waals surface area contributed by atoms with Crippen LogP contribution in [0.25, 0.3) is 0 Å². The normalized spacial score (nSPS) is 25.9. The zero-order valence-electron chi connectivity index (χ0n) is 9.61. The van der Waals surface area contributed by atoms with Gasteiger partial charge in [0, 0.05) is 18.2 Å². The zero-order valence-corrected chi connectivity index (χ0v) is 9.61. The average Bonchev–Trinajstić information content (AvgIpc) is 2.76. The van der Waals surface area contributed by atoms with Gasteiger partial charge in [-0.05, 0) is 24.8 Å². The fraction of sp³-hybridized carbons (Fsp3) is 0.571. The van der Waals surface area contributed by atoms with Crippen LogP contribution in [-0.4, -0.2) is 13.2 Å². The molecule has 1 aliphatic heterocycles. The Morgan fingerprint density at radius 1 is 1.12 bits per heavy atom. The third kappa shape index (κ3) is 1.82. The Morgan fingerprint density at radius 2 is 1.94 bits per heavy atom. The number of ether oxygens (including phenoxy) is 1. The van der Waals surface area contributed by atoms with Crippen LogP contribution in [0.1, 0.15) is 37.3 Å². The van der Waals surface area contributed by atoms with Crippen molar-refractivity contribution in [2.45, 2.75) is 31.7 Å². The predicted molar refractivity (Wildman–Crippen MR) is 64.6 cm³/mol. The van der Waals surface area contributed by atoms with E-state index in [1.807, 2.05) is 0 Å². The summed E-state index contributed by atoms with van der Waals surface area (Å²) in [5, 5.41) is 3.65. The van der Waals surface area contributed by atoms with Gasteiger partial charge in [-0.25, -0.2) is 0 Å². The van der Waals surface area contributed by atoms with Crippen LogP contribution in [0.5, 0.6) is 5.75 Å². The molecule has 1 heterocycles. The topological polar surface area (TPSA) is 21.3 Å². The Bertz CT molecular complexity index is 358. The fourth-order valence-corrected chi connectivity index (χ4v) is 3.07. The molecule has 1 atom stereocenters. The number of hydrogen-bond acceptors (Lipinski definition) is 2. The van der Waals surface area contributed by atoms with Crippen molar-refractivity contribution < 1.29 is 4.74 Å². The molecule has 1 aromatic carbocycles. The molecule has 1 fully saturated rings. The molecule has 86 valence electrons. The van der Waals surface area contributed by atoms with E-state index in [4.69, 9.17) is 4.74 Å². The first kappa shape index (κ1) is 10.2. The lowest BCUT2D eigenvalue weighted by Gasteiger charge is -2.23. The maximum Gasteiger partial charge on any atom is 0.124 e. The second-order valence-electron chi connectivity index (χ2n) is 4.86. The molecule has 1 saturated carbocycles. The minimum absolute atomic E-state index is 0.515. The molecule has 2 nitrogen and oxygen atoms in total. The molecule has 2 aliphatic rings. The summed E-state index contributed by atoms with van der Waals surface area (Å²) >= 11 is 0. The molecule has 1 aromatic rings. The van der Waals surface area contributed by atoms with Crippen molar-refractivity contribution in [2.24, 2.45) is 5.92 Å². The van der Waals surface area contributed by atoms with E-state index >= 15 is 0 Å². The SMILES string of the molecule is c1ccc2c(c1)OCCNC2C1CCCC1. The largest absolute Gasteiger partial charge is 0.492 e. The molecule has 1 aliphatic carbocycles. The molecule has 2 heteroatoms. The van der Waals surface area contributed by atoms with Crippen molar-refractivity contribution in [1.29, 1.82) is 0 Å². The predicted octanol–water partition coefficient (Wildman–Crippen LogP) is 2.90. The van der Waals surface area contributed by atoms with E-state index < -0.39 is 0 Å². The highest BCUT2D eigenvalue weighted by Gasteiger charge is 2.29. The van der Waals surface area contributed by atoms with Crippen LogP contribution in [-0.2, 0) is 0 Å². The monoisotopic (exact) mass is 217 g/mol. The van der Waals surface area contributed by atoms with Gasteiger partial charge in [-0.2, -0.15) is 0 Å². The summed E-state index contributed by atoms with van der Waals surface area (Å²) < 4.78 is 5.78. The van der Waals surface area contributed by atoms with Gasteiger partial charge < -0.3 is 10.1 Å². The Kier molecular flexibility index (Phi) is 2.83. The lowest BCUT2D eigenvalue weighted by Crippen LogP contribution is -2.27. The Labute approximate surface area is 97.0 Å². The van der Waals surface area contributed by atoms with Gasteiger partial charge in [0.15, 0.2) is 0 Å². The van der Waals surface area contributed by atoms with Crippen molar-refractivity contribution in [3.63, 3.8) is 0 Å². The molecule has 0 saturated heterocycles. The molecule has 0 spiro atoms. The summed E-state index contributed by atoms with van der Waals surface area (Å²) in [6.45, 7) is 1.76. The number of hydrogen-bond donors (Lipinski definition) is 1. The van der Waals surface area contributed by atoms with Crippen molar-refractivity contribution in [3.8, 4) is 5.75 Å². The number of nitrogens with one attached hydrogen (secondary N) is 1. The van der Waals surface area contributed by atoms with Crippen LogP contribution in [0.2, 0.25) is 0 Å². The van der Waals surface area contributed by atoms with Gasteiger partial charge in [-0.15, -0.1) is 0 Å². The summed E-state index contributed by atoms with van der Waals surface area (Å²) in [5.41, 5.74) is 1.37. The quantitative estimate of drug-likeness (QED) is 0.781. The number of benzene rings is 1. The Hall–Kier alpha value is -1.02. The molecular weight excluding hydrogens is 198 g/mol. The van der Waals surface area contributed by atoms with Crippen molar-refractivity contribution in [2.75, 3.05) is 13.2 Å². The molecule has 16 heavy (non-hydrogen) atoms. The molecular formula is C14H19NO. The highest BCUT2D eigenvalue weighted by atomic mass is 16.5. The molecule has 1 unspecified atom stereocenters. The van der Waals surface area contributed by atoms with Crippen LogP contribution in [0, 0.1) is 5.92 Å². The molecule has 0 radical (unpaired) electrons. The molecule has 0 aromatic heterocycles. The van der Waals surface area contributed by atoms with Gasteiger partial charge >= 0.3 is 0 Å². The highest BCUT2D eigenvalue weighted by Crippen LogP contribution is 2.39. The number of rotatable bonds is 1. The van der Waals surface area contributed by atoms with Crippen molar-refractivity contribution >= 4 is 0 Å². The number of para-hydroxylation sites is 1. The maximum atomic E-state index is 5.78. The lowest BCUT2D eigenvalue weighted by atomic mass is 9.91. The van der Waals surface area contributed by atoms with Crippen LogP contribution in [0.3, 0.4) is 0 Å². The van der Waals surface area contributed by atoms with Crippen LogP contribution >= 0.6 is 0 Å². The zero-order chi connectivity index (χ0) is 10.8. The van der Waals surface area contributed by atoms with Gasteiger partial charge in [0.2, 0.25) is 0 Å². The second kappa shape index (κ2) is 4.46. The van der Waals surface area contributed by atoms with Crippen LogP contribution in [0.4, 0.5) is 0 Å². The summed E-state index contributed by atoms with van der Waals surface area (Å²) in [4.78, 5) is 0. The summed E-state index contributed by atoms with van der Waals surface area (Å²) in [6, 6.07) is 9.02. The van der Waals surface area contributed by atoms with E-state index in [1.54, 1.807) is 0 Å². The molecule has 1 N–H and O–H groups in total. The summed E-state index contributed by atoms with van der Waals surface area (Å²) in [6.07, 6.45) is 5.52. The van der Waals surface area contributed by atoms with Crippen LogP contribution in [0.15, 0.2) is 24.3 Å². The van der Waals surface area contributed by atoms with E-state index in [1.165, 1.54) is 31.2 Å². The van der Waals surface area contributed by atoms with E-state index in [0.29, 0.717) is 6.04 Å². The molecule has 0 amide bonds. The average molecular weight is 217 g/mol. The van der Waals surface area contributed by atoms with Crippen molar-refractivity contribution in [1.82, 2.24) is 5.32 Å². The van der Waals surface area contributed by atoms with Gasteiger partial charge in [0.1, 0.15) is 12.4 Å². The Morgan fingerprint density at radius 3 is 2.81 bits per heavy atom. The van der Waals surface area contributed by atoms with E-state index in [9.17, 15) is 0 Å². The molecule has 0 bridgehead atoms. The van der Waals surface area contributed by atoms with Gasteiger partial charge in [-0.3, -0.25) is 0 Å². The number of fused-ring (bicyclic) bond motifs is 1.